The molecule has 0 atom stereocenters. The first-order valence-corrected chi connectivity index (χ1v) is 29.8. The zero-order chi connectivity index (χ0) is 56.3. The van der Waals surface area contributed by atoms with Gasteiger partial charge in [-0.05, 0) is 173 Å². The average molecular weight is 1160 g/mol. The number of aliphatic hydroxyl groups is 1. The number of carbonyl (C=O) groups is 1. The molecule has 0 amide bonds. The maximum absolute atomic E-state index is 15.6. The van der Waals surface area contributed by atoms with Gasteiger partial charge in [-0.3, -0.25) is 0 Å². The average Bonchev–Trinajstić information content (AvgIpc) is 3.80. The minimum atomic E-state index is -5.64. The molecule has 3 heterocycles. The maximum atomic E-state index is 15.6. The molecule has 0 spiro atoms. The van der Waals surface area contributed by atoms with Gasteiger partial charge in [-0.2, -0.15) is 13.2 Å². The second-order valence-corrected chi connectivity index (χ2v) is 23.0. The van der Waals surface area contributed by atoms with Crippen LogP contribution in [0.5, 0.6) is 0 Å². The molecule has 5 aromatic carbocycles. The number of nitrogens with one attached hydrogen (secondary N) is 2. The quantitative estimate of drug-likeness (QED) is 0.0297. The molecule has 21 heteroatoms. The first-order chi connectivity index (χ1) is 36.9. The van der Waals surface area contributed by atoms with Crippen molar-refractivity contribution in [3.05, 3.63) is 132 Å². The fraction of sp³-hybridized carbons (Fsp3) is 0.375. The molecule has 8 rings (SSSR count). The van der Waals surface area contributed by atoms with Crippen LogP contribution in [0.3, 0.4) is 0 Å². The molecule has 12 nitrogen and oxygen atoms in total. The number of hydrogen-bond donors (Lipinski definition) is 4. The molecular formula is C56H70ClF4N7O5S4. The molecule has 1 aromatic heterocycles. The van der Waals surface area contributed by atoms with Gasteiger partial charge in [0.15, 0.2) is 0 Å². The number of methoxy groups -OCH3 is 1. The number of aliphatic hydroxyl groups excluding tert-OH is 1. The van der Waals surface area contributed by atoms with Crippen LogP contribution in [-0.2, 0) is 19.4 Å². The van der Waals surface area contributed by atoms with Crippen LogP contribution in [0.15, 0.2) is 135 Å². The molecule has 2 saturated heterocycles. The molecule has 6 aromatic rings. The van der Waals surface area contributed by atoms with Gasteiger partial charge >= 0.3 is 5.51 Å². The molecule has 0 aliphatic carbocycles. The van der Waals surface area contributed by atoms with E-state index in [-0.39, 0.29) is 29.0 Å². The lowest BCUT2D eigenvalue weighted by Crippen LogP contribution is -2.46. The van der Waals surface area contributed by atoms with Crippen molar-refractivity contribution in [3.63, 3.8) is 0 Å². The van der Waals surface area contributed by atoms with Crippen LogP contribution in [0.25, 0.3) is 22.4 Å². The summed E-state index contributed by atoms with van der Waals surface area (Å²) in [5, 5.41) is 7.65. The maximum Gasteiger partial charge on any atom is 0.501 e. The highest BCUT2D eigenvalue weighted by atomic mass is 35.5. The number of anilines is 4. The first kappa shape index (κ1) is 62.9. The number of hydrogen-bond acceptors (Lipinski definition) is 14. The summed E-state index contributed by atoms with van der Waals surface area (Å²) < 4.78 is 95.4. The Morgan fingerprint density at radius 3 is 1.96 bits per heavy atom. The van der Waals surface area contributed by atoms with Crippen molar-refractivity contribution in [1.29, 1.82) is 0 Å². The van der Waals surface area contributed by atoms with Crippen LogP contribution in [0.2, 0.25) is 5.02 Å². The van der Waals surface area contributed by atoms with Crippen molar-refractivity contribution < 1.29 is 40.6 Å². The highest BCUT2D eigenvalue weighted by Gasteiger charge is 2.48. The molecule has 77 heavy (non-hydrogen) atoms. The Kier molecular flexibility index (Phi) is 24.9. The Morgan fingerprint density at radius 2 is 1.42 bits per heavy atom. The smallest absolute Gasteiger partial charge is 0.400 e. The summed E-state index contributed by atoms with van der Waals surface area (Å²) in [4.78, 5) is 17.3. The normalized spacial score (nSPS) is 14.2. The Bertz CT molecular complexity index is 2890. The molecule has 5 N–H and O–H groups in total. The predicted molar refractivity (Wildman–Crippen MR) is 313 cm³/mol. The van der Waals surface area contributed by atoms with E-state index in [4.69, 9.17) is 26.2 Å². The molecule has 0 unspecified atom stereocenters. The molecule has 2 aliphatic rings. The van der Waals surface area contributed by atoms with E-state index in [1.807, 2.05) is 55.6 Å². The lowest BCUT2D eigenvalue weighted by molar-refractivity contribution is -0.106. The summed E-state index contributed by atoms with van der Waals surface area (Å²) >= 11 is 9.96. The SMILES string of the molecule is CCCN1CCC(OC)CC1.CO.CSc1c(-c2cc(F)cc(N3CCN(c4ccc(NSc5ccc(NSc6ccccc6)c(S(=O)(=O)C(F)(F)F)c5)cc4)CC3)c2)c(-c2ccc(Cl)cc2)n(C(C)C)c1C.NCC=O. The number of nitrogens with zero attached hydrogens (tertiary/aromatic N) is 4. The topological polar surface area (TPSA) is 145 Å². The minimum Gasteiger partial charge on any atom is -0.400 e. The summed E-state index contributed by atoms with van der Waals surface area (Å²) in [5.41, 5.74) is 6.49. The molecule has 0 saturated carbocycles. The van der Waals surface area contributed by atoms with E-state index >= 15 is 4.39 Å². The third kappa shape index (κ3) is 17.1. The van der Waals surface area contributed by atoms with Gasteiger partial charge in [-0.1, -0.05) is 48.9 Å². The lowest BCUT2D eigenvalue weighted by Gasteiger charge is -2.37. The van der Waals surface area contributed by atoms with Crippen molar-refractivity contribution in [2.75, 3.05) is 92.1 Å². The van der Waals surface area contributed by atoms with Crippen LogP contribution in [-0.4, -0.2) is 114 Å². The number of ether oxygens (including phenoxy) is 1. The van der Waals surface area contributed by atoms with Crippen molar-refractivity contribution in [2.45, 2.75) is 84.2 Å². The number of piperazine rings is 1. The molecule has 2 aliphatic heterocycles. The number of halogens is 5. The van der Waals surface area contributed by atoms with Gasteiger partial charge in [-0.25, -0.2) is 12.8 Å². The van der Waals surface area contributed by atoms with E-state index in [0.29, 0.717) is 54.2 Å². The van der Waals surface area contributed by atoms with E-state index in [2.05, 4.69) is 74.5 Å². The van der Waals surface area contributed by atoms with Crippen LogP contribution in [0.4, 0.5) is 40.3 Å². The fourth-order valence-corrected chi connectivity index (χ4v) is 12.4. The number of piperidine rings is 1. The number of sulfone groups is 1. The Balaban J connectivity index is 0.000000554. The zero-order valence-corrected chi connectivity index (χ0v) is 48.5. The summed E-state index contributed by atoms with van der Waals surface area (Å²) in [6.45, 7) is 15.2. The number of aldehydes is 1. The van der Waals surface area contributed by atoms with Gasteiger partial charge in [0.05, 0.1) is 17.5 Å². The highest BCUT2D eigenvalue weighted by Crippen LogP contribution is 2.46. The fourth-order valence-electron chi connectivity index (χ4n) is 9.01. The number of carbonyl (C=O) groups excluding carboxylic acids is 1. The Morgan fingerprint density at radius 1 is 0.818 bits per heavy atom. The Hall–Kier alpha value is -4.90. The number of benzene rings is 5. The third-order valence-electron chi connectivity index (χ3n) is 12.6. The van der Waals surface area contributed by atoms with Gasteiger partial charge in [0.1, 0.15) is 17.0 Å². The van der Waals surface area contributed by atoms with Gasteiger partial charge in [-0.15, -0.1) is 11.8 Å². The van der Waals surface area contributed by atoms with E-state index in [1.54, 1.807) is 60.3 Å². The van der Waals surface area contributed by atoms with Crippen molar-refractivity contribution in [1.82, 2.24) is 9.47 Å². The zero-order valence-electron chi connectivity index (χ0n) is 44.4. The van der Waals surface area contributed by atoms with Crippen LogP contribution in [0.1, 0.15) is 51.8 Å². The van der Waals surface area contributed by atoms with Gasteiger partial charge in [0.2, 0.25) is 0 Å². The number of nitrogens with two attached hydrogens (primary N) is 1. The molecular weight excluding hydrogens is 1090 g/mol. The van der Waals surface area contributed by atoms with Crippen molar-refractivity contribution in [2.24, 2.45) is 5.73 Å². The number of alkyl halides is 3. The lowest BCUT2D eigenvalue weighted by atomic mass is 9.99. The third-order valence-corrected chi connectivity index (χ3v) is 17.0. The number of thioether (sulfide) groups is 1. The molecule has 0 bridgehead atoms. The van der Waals surface area contributed by atoms with E-state index in [0.717, 1.165) is 81.4 Å². The first-order valence-electron chi connectivity index (χ1n) is 25.1. The number of aromatic nitrogens is 1. The second-order valence-electron chi connectivity index (χ2n) is 18.0. The summed E-state index contributed by atoms with van der Waals surface area (Å²) in [6, 6.07) is 33.7. The summed E-state index contributed by atoms with van der Waals surface area (Å²) in [6.07, 6.45) is 6.95. The molecule has 0 radical (unpaired) electrons. The van der Waals surface area contributed by atoms with Gasteiger partial charge in [0, 0.05) is 114 Å². The highest BCUT2D eigenvalue weighted by molar-refractivity contribution is 8.01. The monoisotopic (exact) mass is 1160 g/mol. The number of likely N-dealkylation sites (tertiary alicyclic amines) is 1. The van der Waals surface area contributed by atoms with E-state index < -0.39 is 20.2 Å². The number of rotatable bonds is 17. The van der Waals surface area contributed by atoms with Crippen molar-refractivity contribution in [3.8, 4) is 22.4 Å². The van der Waals surface area contributed by atoms with E-state index in [1.165, 1.54) is 45.0 Å². The minimum absolute atomic E-state index is 0.139. The Labute approximate surface area is 469 Å². The standard InChI is InChI=1S/C44H42ClF4N5O2S4.C9H19NO.C2H5NO.CH4O/c1-28(2)54-29(3)43(57-4)41(42(54)30-10-12-32(45)13-11-30)31-24-33(46)26-36(25-31)53-22-20-52(21-23-53)35-16-14-34(15-17-35)50-59-38-18-19-39(51-58-37-8-6-5-7-9-37)40(27-38)60(55,56)44(47,48)49;1-3-6-10-7-4-9(11-2)5-8-10;3-1-2-4;1-2/h5-19,24-28,50-51H,20-23H2,1-4H3;9H,3-8H2,1-2H3;2H,1,3H2;2H,1H3. The van der Waals surface area contributed by atoms with Crippen LogP contribution in [0, 0.1) is 12.7 Å². The van der Waals surface area contributed by atoms with Gasteiger partial charge < -0.3 is 49.1 Å². The summed E-state index contributed by atoms with van der Waals surface area (Å²) in [5.74, 6) is -0.303. The van der Waals surface area contributed by atoms with Crippen molar-refractivity contribution >= 4 is 86.1 Å². The van der Waals surface area contributed by atoms with Crippen LogP contribution >= 0.6 is 47.3 Å². The molecule has 2 fully saturated rings. The van der Waals surface area contributed by atoms with Gasteiger partial charge in [0.25, 0.3) is 9.84 Å². The largest absolute Gasteiger partial charge is 0.501 e. The predicted octanol–water partition coefficient (Wildman–Crippen LogP) is 13.3. The van der Waals surface area contributed by atoms with E-state index in [9.17, 15) is 21.6 Å². The second kappa shape index (κ2) is 30.5. The molecule has 418 valence electrons. The summed E-state index contributed by atoms with van der Waals surface area (Å²) in [7, 11) is -2.82. The van der Waals surface area contributed by atoms with Crippen LogP contribution < -0.4 is 25.0 Å².